The van der Waals surface area contributed by atoms with Gasteiger partial charge in [-0.2, -0.15) is 12.1 Å². The number of hydrogen-bond donors (Lipinski definition) is 0. The van der Waals surface area contributed by atoms with Crippen LogP contribution in [0.25, 0.3) is 86.9 Å². The van der Waals surface area contributed by atoms with E-state index in [1.54, 1.807) is 23.3 Å². The fraction of sp³-hybridized carbons (Fsp3) is 0.179. The van der Waals surface area contributed by atoms with Gasteiger partial charge in [-0.05, 0) is 78.2 Å². The summed E-state index contributed by atoms with van der Waals surface area (Å²) in [4.78, 5) is 0. The van der Waals surface area contributed by atoms with E-state index in [0.29, 0.717) is 11.8 Å². The summed E-state index contributed by atoms with van der Waals surface area (Å²) in [5, 5.41) is 16.0. The van der Waals surface area contributed by atoms with Crippen molar-refractivity contribution in [3.05, 3.63) is 181 Å². The van der Waals surface area contributed by atoms with E-state index in [1.807, 2.05) is 0 Å². The molecular weight excluding hydrogens is 863 g/mol. The second-order valence-electron chi connectivity index (χ2n) is 16.2. The second-order valence-corrected chi connectivity index (χ2v) is 25.6. The van der Waals surface area contributed by atoms with Gasteiger partial charge in [-0.25, -0.2) is 0 Å². The van der Waals surface area contributed by atoms with Crippen LogP contribution < -0.4 is 24.8 Å². The molecular formula is C56H52Cl2SiZr-2. The van der Waals surface area contributed by atoms with Gasteiger partial charge in [-0.1, -0.05) is 161 Å². The number of benzene rings is 8. The quantitative estimate of drug-likeness (QED) is 0.0886. The Labute approximate surface area is 384 Å². The van der Waals surface area contributed by atoms with E-state index in [9.17, 15) is 0 Å². The van der Waals surface area contributed by atoms with Crippen molar-refractivity contribution >= 4 is 70.1 Å². The predicted molar refractivity (Wildman–Crippen MR) is 255 cm³/mol. The summed E-state index contributed by atoms with van der Waals surface area (Å²) in [6.07, 6.45) is 2.34. The first-order valence-electron chi connectivity index (χ1n) is 21.0. The Morgan fingerprint density at radius 3 is 1.03 bits per heavy atom. The van der Waals surface area contributed by atoms with Gasteiger partial charge in [-0.15, -0.1) is 69.1 Å². The maximum Gasteiger partial charge on any atom is -1.00 e. The molecule has 0 saturated heterocycles. The zero-order valence-corrected chi connectivity index (χ0v) is 40.5. The average molecular weight is 915 g/mol. The molecule has 0 saturated carbocycles. The molecule has 60 heavy (non-hydrogen) atoms. The summed E-state index contributed by atoms with van der Waals surface area (Å²) >= 11 is 1.74. The summed E-state index contributed by atoms with van der Waals surface area (Å²) in [6, 6.07) is 62.7. The Bertz CT molecular complexity index is 2760. The van der Waals surface area contributed by atoms with E-state index < -0.39 is 0 Å². The zero-order valence-electron chi connectivity index (χ0n) is 35.5. The number of hydrogen-bond acceptors (Lipinski definition) is 0. The van der Waals surface area contributed by atoms with Gasteiger partial charge in [0, 0.05) is 0 Å². The molecule has 0 heterocycles. The van der Waals surface area contributed by atoms with Crippen molar-refractivity contribution in [1.29, 1.82) is 0 Å². The first-order valence-corrected chi connectivity index (χ1v) is 27.2. The van der Waals surface area contributed by atoms with Crippen LogP contribution in [0, 0.1) is 0 Å². The van der Waals surface area contributed by atoms with E-state index in [2.05, 4.69) is 211 Å². The fourth-order valence-corrected chi connectivity index (χ4v) is 8.60. The van der Waals surface area contributed by atoms with Gasteiger partial charge >= 0.3 is 41.9 Å². The number of rotatable bonds is 6. The molecule has 0 bridgehead atoms. The van der Waals surface area contributed by atoms with Crippen molar-refractivity contribution in [2.75, 3.05) is 0 Å². The van der Waals surface area contributed by atoms with E-state index in [0.717, 1.165) is 0 Å². The SMILES string of the molecule is CCC(C)c1cc2c(-c3c4ccccc4cc4ccccc34)cccc2[cH-]1.CCC(C)c1cc2c(-c3c4ccccc4cc4ccccc34)cccc2[cH-]1.C[Si](C)=[Zr+2].[Cl-].[Cl-]. The van der Waals surface area contributed by atoms with E-state index in [4.69, 9.17) is 0 Å². The molecule has 0 fully saturated rings. The standard InChI is InChI=1S/2C27H23.C2H6Si.2ClH.Zr/c2*1-3-18(2)22-16-21-11-8-14-25(26(21)17-22)27-23-12-6-4-9-19(23)15-20-10-5-7-13-24(20)27;1-3-2;;;/h2*4-18H,3H2,1-2H3;1-2H3;2*1H;/q2*-1;;;;+2/p-2. The van der Waals surface area contributed by atoms with Crippen LogP contribution in [0.15, 0.2) is 170 Å². The van der Waals surface area contributed by atoms with Crippen LogP contribution >= 0.6 is 0 Å². The van der Waals surface area contributed by atoms with Gasteiger partial charge in [0.2, 0.25) is 0 Å². The van der Waals surface area contributed by atoms with Crippen molar-refractivity contribution in [2.45, 2.75) is 65.5 Å². The number of halogens is 2. The molecule has 0 N–H and O–H groups in total. The van der Waals surface area contributed by atoms with Crippen molar-refractivity contribution < 1.29 is 48.1 Å². The predicted octanol–water partition coefficient (Wildman–Crippen LogP) is 10.9. The maximum atomic E-state index is 2.41. The van der Waals surface area contributed by atoms with Gasteiger partial charge in [0.05, 0.1) is 0 Å². The van der Waals surface area contributed by atoms with Crippen molar-refractivity contribution in [1.82, 2.24) is 0 Å². The summed E-state index contributed by atoms with van der Waals surface area (Å²) in [5.74, 6) is 1.18. The normalized spacial score (nSPS) is 12.0. The minimum atomic E-state index is 0. The van der Waals surface area contributed by atoms with Crippen molar-refractivity contribution in [3.63, 3.8) is 0 Å². The summed E-state index contributed by atoms with van der Waals surface area (Å²) in [6.45, 7) is 13.8. The van der Waals surface area contributed by atoms with Crippen LogP contribution in [0.3, 0.4) is 0 Å². The molecule has 10 rings (SSSR count). The monoisotopic (exact) mass is 912 g/mol. The van der Waals surface area contributed by atoms with Gasteiger partial charge in [0.25, 0.3) is 0 Å². The molecule has 0 aliphatic rings. The van der Waals surface area contributed by atoms with Crippen molar-refractivity contribution in [2.24, 2.45) is 0 Å². The third-order valence-electron chi connectivity index (χ3n) is 12.0. The van der Waals surface area contributed by atoms with Crippen molar-refractivity contribution in [3.8, 4) is 22.3 Å². The molecule has 0 amide bonds. The summed E-state index contributed by atoms with van der Waals surface area (Å²) in [7, 11) is 0. The van der Waals surface area contributed by atoms with Gasteiger partial charge < -0.3 is 24.8 Å². The Kier molecular flexibility index (Phi) is 15.1. The molecule has 0 aliphatic heterocycles. The molecule has 2 atom stereocenters. The third kappa shape index (κ3) is 9.15. The molecule has 2 unspecified atom stereocenters. The van der Waals surface area contributed by atoms with E-state index in [1.165, 1.54) is 111 Å². The van der Waals surface area contributed by atoms with Crippen LogP contribution in [-0.4, -0.2) is 5.43 Å². The minimum absolute atomic E-state index is 0. The molecule has 10 aromatic rings. The smallest absolute Gasteiger partial charge is 1.00 e. The van der Waals surface area contributed by atoms with Crippen LogP contribution in [0.5, 0.6) is 0 Å². The minimum Gasteiger partial charge on any atom is -1.00 e. The topological polar surface area (TPSA) is 0 Å². The molecule has 10 aromatic carbocycles. The molecule has 0 aliphatic carbocycles. The number of fused-ring (bicyclic) bond motifs is 6. The Balaban J connectivity index is 0.000000179. The third-order valence-corrected chi connectivity index (χ3v) is 12.0. The summed E-state index contributed by atoms with van der Waals surface area (Å²) in [5.41, 5.74) is 8.51. The summed E-state index contributed by atoms with van der Waals surface area (Å²) < 4.78 is 0. The Hall–Kier alpha value is -4.30. The first kappa shape index (κ1) is 45.2. The van der Waals surface area contributed by atoms with Crippen LogP contribution in [-0.2, 0) is 23.3 Å². The van der Waals surface area contributed by atoms with Crippen LogP contribution in [0.1, 0.15) is 63.5 Å². The molecule has 300 valence electrons. The van der Waals surface area contributed by atoms with Crippen LogP contribution in [0.2, 0.25) is 13.1 Å². The van der Waals surface area contributed by atoms with Gasteiger partial charge in [0.1, 0.15) is 0 Å². The van der Waals surface area contributed by atoms with E-state index >= 15 is 0 Å². The van der Waals surface area contributed by atoms with Crippen LogP contribution in [0.4, 0.5) is 0 Å². The zero-order chi connectivity index (χ0) is 40.3. The van der Waals surface area contributed by atoms with Gasteiger partial charge in [-0.3, -0.25) is 0 Å². The molecule has 0 nitrogen and oxygen atoms in total. The van der Waals surface area contributed by atoms with E-state index in [-0.39, 0.29) is 30.2 Å². The Morgan fingerprint density at radius 2 is 0.733 bits per heavy atom. The Morgan fingerprint density at radius 1 is 0.433 bits per heavy atom. The molecule has 0 aromatic heterocycles. The fourth-order valence-electron chi connectivity index (χ4n) is 8.60. The largest absolute Gasteiger partial charge is 1.00 e. The van der Waals surface area contributed by atoms with Gasteiger partial charge in [0.15, 0.2) is 0 Å². The average Bonchev–Trinajstić information content (AvgIpc) is 3.90. The second kappa shape index (κ2) is 20.0. The maximum absolute atomic E-state index is 2.41. The first-order chi connectivity index (χ1) is 28.2. The molecule has 0 radical (unpaired) electrons. The molecule has 0 spiro atoms. The molecule has 4 heteroatoms.